The number of ether oxygens (including phenoxy) is 5. The summed E-state index contributed by atoms with van der Waals surface area (Å²) in [7, 11) is 6.15. The standard InChI is InChI=1S/C22H24O7/c1-25-16-7-11-5-13-10-29-22(24)15(13)6-12-8-18(27-3)20(23)21(28-4)19(12)14(11)9-17(16)26-2/h7-9,13,15,23H,5-6,10H2,1-4H3/t13-,15+/m0/s1. The molecule has 1 aliphatic carbocycles. The molecule has 2 aliphatic rings. The number of aromatic hydroxyl groups is 1. The zero-order valence-corrected chi connectivity index (χ0v) is 16.9. The molecule has 29 heavy (non-hydrogen) atoms. The summed E-state index contributed by atoms with van der Waals surface area (Å²) in [5.74, 6) is 1.28. The first-order valence-electron chi connectivity index (χ1n) is 9.41. The van der Waals surface area contributed by atoms with Crippen LogP contribution in [0.15, 0.2) is 18.2 Å². The van der Waals surface area contributed by atoms with Gasteiger partial charge in [0.2, 0.25) is 5.75 Å². The van der Waals surface area contributed by atoms with Crippen LogP contribution in [0, 0.1) is 11.8 Å². The van der Waals surface area contributed by atoms with E-state index < -0.39 is 0 Å². The van der Waals surface area contributed by atoms with E-state index in [1.54, 1.807) is 20.3 Å². The molecule has 0 bridgehead atoms. The number of phenols is 1. The average molecular weight is 400 g/mol. The lowest BCUT2D eigenvalue weighted by atomic mass is 9.77. The molecule has 1 aliphatic heterocycles. The smallest absolute Gasteiger partial charge is 0.309 e. The number of carbonyl (C=O) groups excluding carboxylic acids is 1. The van der Waals surface area contributed by atoms with Gasteiger partial charge in [-0.05, 0) is 47.7 Å². The van der Waals surface area contributed by atoms with Crippen molar-refractivity contribution in [3.05, 3.63) is 29.3 Å². The molecular weight excluding hydrogens is 376 g/mol. The quantitative estimate of drug-likeness (QED) is 0.790. The number of cyclic esters (lactones) is 1. The van der Waals surface area contributed by atoms with Gasteiger partial charge < -0.3 is 28.8 Å². The van der Waals surface area contributed by atoms with Gasteiger partial charge in [-0.25, -0.2) is 0 Å². The van der Waals surface area contributed by atoms with Crippen molar-refractivity contribution in [3.8, 4) is 39.9 Å². The average Bonchev–Trinajstić information content (AvgIpc) is 3.06. The van der Waals surface area contributed by atoms with Gasteiger partial charge in [0.15, 0.2) is 23.0 Å². The van der Waals surface area contributed by atoms with Crippen LogP contribution in [-0.4, -0.2) is 46.1 Å². The lowest BCUT2D eigenvalue weighted by Gasteiger charge is -2.27. The van der Waals surface area contributed by atoms with E-state index in [-0.39, 0.29) is 23.6 Å². The number of esters is 1. The van der Waals surface area contributed by atoms with Gasteiger partial charge in [0.25, 0.3) is 0 Å². The topological polar surface area (TPSA) is 83.5 Å². The number of hydrogen-bond acceptors (Lipinski definition) is 7. The highest BCUT2D eigenvalue weighted by Gasteiger charge is 2.40. The van der Waals surface area contributed by atoms with Crippen LogP contribution in [0.3, 0.4) is 0 Å². The summed E-state index contributed by atoms with van der Waals surface area (Å²) in [5.41, 5.74) is 3.41. The summed E-state index contributed by atoms with van der Waals surface area (Å²) in [6.45, 7) is 0.388. The van der Waals surface area contributed by atoms with Crippen molar-refractivity contribution in [2.45, 2.75) is 12.8 Å². The van der Waals surface area contributed by atoms with Gasteiger partial charge in [0, 0.05) is 11.5 Å². The highest BCUT2D eigenvalue weighted by molar-refractivity contribution is 5.85. The zero-order valence-electron chi connectivity index (χ0n) is 16.9. The largest absolute Gasteiger partial charge is 0.502 e. The minimum Gasteiger partial charge on any atom is -0.502 e. The van der Waals surface area contributed by atoms with Crippen LogP contribution >= 0.6 is 0 Å². The van der Waals surface area contributed by atoms with Gasteiger partial charge in [0.05, 0.1) is 41.0 Å². The van der Waals surface area contributed by atoms with Crippen LogP contribution in [-0.2, 0) is 22.4 Å². The predicted octanol–water partition coefficient (Wildman–Crippen LogP) is 2.98. The van der Waals surface area contributed by atoms with E-state index in [4.69, 9.17) is 23.7 Å². The maximum atomic E-state index is 12.4. The fourth-order valence-electron chi connectivity index (χ4n) is 4.38. The van der Waals surface area contributed by atoms with Crippen LogP contribution in [0.25, 0.3) is 11.1 Å². The third-order valence-electron chi connectivity index (χ3n) is 5.84. The van der Waals surface area contributed by atoms with Gasteiger partial charge in [-0.1, -0.05) is 0 Å². The molecule has 154 valence electrons. The summed E-state index contributed by atoms with van der Waals surface area (Å²) in [6, 6.07) is 5.57. The van der Waals surface area contributed by atoms with Crippen LogP contribution in [0.1, 0.15) is 11.1 Å². The van der Waals surface area contributed by atoms with Crippen molar-refractivity contribution in [2.24, 2.45) is 11.8 Å². The van der Waals surface area contributed by atoms with Gasteiger partial charge in [0.1, 0.15) is 0 Å². The number of rotatable bonds is 4. The molecule has 0 unspecified atom stereocenters. The van der Waals surface area contributed by atoms with E-state index in [0.717, 1.165) is 22.3 Å². The molecule has 0 aromatic heterocycles. The molecule has 0 spiro atoms. The second kappa shape index (κ2) is 7.39. The molecule has 2 aromatic carbocycles. The molecule has 2 atom stereocenters. The molecule has 1 N–H and O–H groups in total. The summed E-state index contributed by atoms with van der Waals surface area (Å²) in [4.78, 5) is 12.4. The third-order valence-corrected chi connectivity index (χ3v) is 5.84. The summed E-state index contributed by atoms with van der Waals surface area (Å²) in [5, 5.41) is 10.7. The lowest BCUT2D eigenvalue weighted by molar-refractivity contribution is -0.141. The number of hydrogen-bond donors (Lipinski definition) is 1. The molecule has 1 fully saturated rings. The van der Waals surface area contributed by atoms with Crippen molar-refractivity contribution in [2.75, 3.05) is 35.0 Å². The maximum Gasteiger partial charge on any atom is 0.309 e. The van der Waals surface area contributed by atoms with Gasteiger partial charge in [-0.15, -0.1) is 0 Å². The highest BCUT2D eigenvalue weighted by atomic mass is 16.5. The molecule has 7 nitrogen and oxygen atoms in total. The van der Waals surface area contributed by atoms with E-state index in [2.05, 4.69) is 0 Å². The van der Waals surface area contributed by atoms with Crippen molar-refractivity contribution < 1.29 is 33.6 Å². The Morgan fingerprint density at radius 3 is 2.21 bits per heavy atom. The molecule has 2 aromatic rings. The molecule has 1 heterocycles. The Labute approximate surface area is 169 Å². The Morgan fingerprint density at radius 2 is 1.55 bits per heavy atom. The minimum atomic E-state index is -0.269. The number of phenolic OH excluding ortho intramolecular Hbond substituents is 1. The van der Waals surface area contributed by atoms with Gasteiger partial charge in [-0.3, -0.25) is 4.79 Å². The molecule has 1 saturated heterocycles. The zero-order chi connectivity index (χ0) is 20.7. The van der Waals surface area contributed by atoms with Crippen LogP contribution in [0.4, 0.5) is 0 Å². The fraction of sp³-hybridized carbons (Fsp3) is 0.409. The van der Waals surface area contributed by atoms with E-state index in [0.29, 0.717) is 42.4 Å². The SMILES string of the molecule is COc1cc2c(cc1OC)-c1c(cc(OC)c(O)c1OC)C[C@H]1C(=O)OC[C@@H]1C2. The van der Waals surface area contributed by atoms with E-state index >= 15 is 0 Å². The van der Waals surface area contributed by atoms with Crippen LogP contribution in [0.2, 0.25) is 0 Å². The summed E-state index contributed by atoms with van der Waals surface area (Å²) < 4.78 is 27.3. The van der Waals surface area contributed by atoms with Crippen molar-refractivity contribution in [1.82, 2.24) is 0 Å². The summed E-state index contributed by atoms with van der Waals surface area (Å²) >= 11 is 0. The highest BCUT2D eigenvalue weighted by Crippen LogP contribution is 2.51. The number of carbonyl (C=O) groups is 1. The Kier molecular flexibility index (Phi) is 4.90. The third kappa shape index (κ3) is 3.01. The van der Waals surface area contributed by atoms with E-state index in [1.165, 1.54) is 14.2 Å². The molecule has 0 amide bonds. The van der Waals surface area contributed by atoms with Crippen molar-refractivity contribution >= 4 is 5.97 Å². The molecule has 7 heteroatoms. The predicted molar refractivity (Wildman–Crippen MR) is 105 cm³/mol. The normalized spacial score (nSPS) is 19.8. The Balaban J connectivity index is 2.04. The Morgan fingerprint density at radius 1 is 0.897 bits per heavy atom. The fourth-order valence-corrected chi connectivity index (χ4v) is 4.38. The van der Waals surface area contributed by atoms with E-state index in [1.807, 2.05) is 12.1 Å². The number of fused-ring (bicyclic) bond motifs is 4. The van der Waals surface area contributed by atoms with Gasteiger partial charge in [-0.2, -0.15) is 0 Å². The Bertz CT molecular complexity index is 966. The number of methoxy groups -OCH3 is 4. The lowest BCUT2D eigenvalue weighted by Crippen LogP contribution is -2.23. The second-order valence-electron chi connectivity index (χ2n) is 7.26. The minimum absolute atomic E-state index is 0.0540. The van der Waals surface area contributed by atoms with Crippen molar-refractivity contribution in [3.63, 3.8) is 0 Å². The van der Waals surface area contributed by atoms with E-state index in [9.17, 15) is 9.90 Å². The Hall–Kier alpha value is -3.09. The summed E-state index contributed by atoms with van der Waals surface area (Å²) in [6.07, 6.45) is 1.11. The molecule has 4 rings (SSSR count). The molecule has 0 radical (unpaired) electrons. The first-order chi connectivity index (χ1) is 14.0. The van der Waals surface area contributed by atoms with Crippen LogP contribution < -0.4 is 18.9 Å². The first-order valence-corrected chi connectivity index (χ1v) is 9.41. The van der Waals surface area contributed by atoms with Gasteiger partial charge >= 0.3 is 5.97 Å². The molecule has 0 saturated carbocycles. The molecular formula is C22H24O7. The van der Waals surface area contributed by atoms with Crippen molar-refractivity contribution in [1.29, 1.82) is 0 Å². The number of benzene rings is 2. The second-order valence-corrected chi connectivity index (χ2v) is 7.26. The maximum absolute atomic E-state index is 12.4. The first kappa shape index (κ1) is 19.2. The monoisotopic (exact) mass is 400 g/mol. The van der Waals surface area contributed by atoms with Crippen LogP contribution in [0.5, 0.6) is 28.7 Å².